The van der Waals surface area contributed by atoms with Crippen molar-refractivity contribution in [2.24, 2.45) is 23.7 Å². The molecular formula is C40H34ClN3O6. The van der Waals surface area contributed by atoms with Crippen LogP contribution in [0.25, 0.3) is 0 Å². The number of phenols is 1. The molecule has 2 N–H and O–H groups in total. The first kappa shape index (κ1) is 31.8. The summed E-state index contributed by atoms with van der Waals surface area (Å²) < 4.78 is 5.40. The quantitative estimate of drug-likeness (QED) is 0.174. The molecule has 50 heavy (non-hydrogen) atoms. The van der Waals surface area contributed by atoms with Crippen LogP contribution in [0.3, 0.4) is 0 Å². The first-order valence-electron chi connectivity index (χ1n) is 16.6. The van der Waals surface area contributed by atoms with Gasteiger partial charge in [-0.1, -0.05) is 77.3 Å². The molecule has 0 bridgehead atoms. The van der Waals surface area contributed by atoms with Gasteiger partial charge in [-0.2, -0.15) is 5.01 Å². The van der Waals surface area contributed by atoms with E-state index in [-0.39, 0.29) is 30.4 Å². The van der Waals surface area contributed by atoms with Gasteiger partial charge in [0.25, 0.3) is 11.8 Å². The van der Waals surface area contributed by atoms with E-state index in [1.807, 2.05) is 55.5 Å². The molecule has 4 aliphatic rings. The number of nitrogens with one attached hydrogen (secondary N) is 1. The number of methoxy groups -OCH3 is 1. The van der Waals surface area contributed by atoms with Crippen LogP contribution in [0.1, 0.15) is 35.4 Å². The Kier molecular flexibility index (Phi) is 7.56. The molecule has 0 aromatic heterocycles. The van der Waals surface area contributed by atoms with Crippen LogP contribution >= 0.6 is 11.6 Å². The zero-order valence-electron chi connectivity index (χ0n) is 27.4. The highest BCUT2D eigenvalue weighted by molar-refractivity contribution is 6.31. The molecule has 9 nitrogen and oxygen atoms in total. The monoisotopic (exact) mass is 687 g/mol. The number of hydrazine groups is 1. The van der Waals surface area contributed by atoms with Crippen molar-refractivity contribution >= 4 is 46.6 Å². The number of halogens is 1. The van der Waals surface area contributed by atoms with Crippen LogP contribution in [0.4, 0.5) is 11.4 Å². The van der Waals surface area contributed by atoms with Crippen LogP contribution in [0.5, 0.6) is 11.5 Å². The number of allylic oxidation sites excluding steroid dienone is 2. The molecule has 2 aliphatic carbocycles. The highest BCUT2D eigenvalue weighted by Crippen LogP contribution is 2.65. The summed E-state index contributed by atoms with van der Waals surface area (Å²) >= 11 is 6.13. The van der Waals surface area contributed by atoms with E-state index in [0.717, 1.165) is 16.1 Å². The third-order valence-corrected chi connectivity index (χ3v) is 11.3. The zero-order valence-corrected chi connectivity index (χ0v) is 28.1. The number of amides is 4. The predicted octanol–water partition coefficient (Wildman–Crippen LogP) is 6.55. The Bertz CT molecular complexity index is 2080. The maximum atomic E-state index is 15.2. The Morgan fingerprint density at radius 2 is 1.58 bits per heavy atom. The summed E-state index contributed by atoms with van der Waals surface area (Å²) in [6.07, 6.45) is 2.38. The van der Waals surface area contributed by atoms with Gasteiger partial charge in [-0.25, -0.2) is 0 Å². The normalized spacial score (nSPS) is 27.1. The molecule has 6 unspecified atom stereocenters. The number of carbonyl (C=O) groups is 4. The molecule has 4 aromatic rings. The number of carbonyl (C=O) groups excluding carboxylic acids is 4. The third-order valence-electron chi connectivity index (χ3n) is 11.0. The van der Waals surface area contributed by atoms with Gasteiger partial charge in [0.05, 0.1) is 41.7 Å². The fraction of sp³-hybridized carbons (Fsp3) is 0.250. The molecule has 3 fully saturated rings. The lowest BCUT2D eigenvalue weighted by Gasteiger charge is -2.50. The van der Waals surface area contributed by atoms with E-state index in [9.17, 15) is 19.5 Å². The zero-order chi connectivity index (χ0) is 34.9. The molecule has 1 saturated carbocycles. The summed E-state index contributed by atoms with van der Waals surface area (Å²) in [4.78, 5) is 59.6. The third kappa shape index (κ3) is 4.60. The van der Waals surface area contributed by atoms with Crippen LogP contribution in [-0.4, -0.2) is 40.9 Å². The van der Waals surface area contributed by atoms with Crippen molar-refractivity contribution in [1.82, 2.24) is 5.01 Å². The first-order chi connectivity index (χ1) is 24.1. The van der Waals surface area contributed by atoms with Crippen molar-refractivity contribution in [1.29, 1.82) is 0 Å². The number of benzene rings is 4. The second-order valence-electron chi connectivity index (χ2n) is 13.5. The maximum absolute atomic E-state index is 15.2. The van der Waals surface area contributed by atoms with Gasteiger partial charge in [0, 0.05) is 22.6 Å². The Morgan fingerprint density at radius 3 is 2.26 bits per heavy atom. The van der Waals surface area contributed by atoms with Gasteiger partial charge >= 0.3 is 0 Å². The van der Waals surface area contributed by atoms with Crippen molar-refractivity contribution in [3.8, 4) is 11.5 Å². The van der Waals surface area contributed by atoms with Crippen LogP contribution in [0.2, 0.25) is 5.02 Å². The highest BCUT2D eigenvalue weighted by atomic mass is 35.5. The number of imide groups is 2. The molecule has 4 amide bonds. The van der Waals surface area contributed by atoms with E-state index >= 15 is 4.79 Å². The molecule has 4 aromatic carbocycles. The smallest absolute Gasteiger partial charge is 0.260 e. The number of aryl methyl sites for hydroxylation is 1. The number of hydrogen-bond acceptors (Lipinski definition) is 7. The number of nitrogens with zero attached hydrogens (tertiary/aromatic N) is 2. The Balaban J connectivity index is 1.32. The van der Waals surface area contributed by atoms with Gasteiger partial charge in [-0.05, 0) is 73.7 Å². The Hall–Kier alpha value is -5.41. The molecule has 252 valence electrons. The summed E-state index contributed by atoms with van der Waals surface area (Å²) in [6, 6.07) is 28.1. The number of ether oxygens (including phenoxy) is 1. The van der Waals surface area contributed by atoms with E-state index in [1.54, 1.807) is 48.5 Å². The van der Waals surface area contributed by atoms with Crippen molar-refractivity contribution in [2.75, 3.05) is 17.4 Å². The van der Waals surface area contributed by atoms with E-state index in [1.165, 1.54) is 18.1 Å². The molecule has 0 radical (unpaired) electrons. The topological polar surface area (TPSA) is 116 Å². The van der Waals surface area contributed by atoms with Gasteiger partial charge < -0.3 is 9.84 Å². The average Bonchev–Trinajstić information content (AvgIpc) is 3.51. The predicted molar refractivity (Wildman–Crippen MR) is 187 cm³/mol. The maximum Gasteiger partial charge on any atom is 0.260 e. The number of aromatic hydroxyl groups is 1. The number of hydrogen-bond donors (Lipinski definition) is 2. The number of fused-ring (bicyclic) bond motifs is 4. The number of phenolic OH excluding ortho intramolecular Hbond substituents is 1. The number of rotatable bonds is 6. The van der Waals surface area contributed by atoms with Crippen molar-refractivity contribution in [3.05, 3.63) is 130 Å². The van der Waals surface area contributed by atoms with Crippen LogP contribution < -0.4 is 15.1 Å². The molecular weight excluding hydrogens is 654 g/mol. The second-order valence-corrected chi connectivity index (χ2v) is 13.9. The summed E-state index contributed by atoms with van der Waals surface area (Å²) in [7, 11) is 1.50. The number of anilines is 2. The summed E-state index contributed by atoms with van der Waals surface area (Å²) in [6.45, 7) is 1.95. The average molecular weight is 688 g/mol. The van der Waals surface area contributed by atoms with Crippen molar-refractivity contribution in [3.63, 3.8) is 0 Å². The van der Waals surface area contributed by atoms with Gasteiger partial charge in [0.1, 0.15) is 11.5 Å². The summed E-state index contributed by atoms with van der Waals surface area (Å²) in [5, 5.41) is 13.2. The largest absolute Gasteiger partial charge is 0.508 e. The fourth-order valence-corrected chi connectivity index (χ4v) is 8.96. The van der Waals surface area contributed by atoms with E-state index in [0.29, 0.717) is 33.3 Å². The van der Waals surface area contributed by atoms with Crippen molar-refractivity contribution < 1.29 is 29.0 Å². The van der Waals surface area contributed by atoms with Gasteiger partial charge in [0.15, 0.2) is 0 Å². The lowest BCUT2D eigenvalue weighted by atomic mass is 9.49. The van der Waals surface area contributed by atoms with E-state index in [4.69, 9.17) is 16.3 Å². The molecule has 2 saturated heterocycles. The molecule has 10 heteroatoms. The molecule has 6 atom stereocenters. The van der Waals surface area contributed by atoms with Crippen LogP contribution in [0, 0.1) is 30.6 Å². The summed E-state index contributed by atoms with van der Waals surface area (Å²) in [5.74, 6) is -5.00. The molecule has 2 aliphatic heterocycles. The fourth-order valence-electron chi connectivity index (χ4n) is 8.83. The van der Waals surface area contributed by atoms with Crippen molar-refractivity contribution in [2.45, 2.75) is 31.1 Å². The SMILES string of the molecule is COc1ccc(C2C3=CCC4C(=O)N(c5ccc(Cl)cc5)C(=O)C4C3CC3C(=O)N(Nc4ccc(C)cc4)C(=O)C32c2ccccc2)c(O)c1. The Morgan fingerprint density at radius 1 is 0.860 bits per heavy atom. The minimum atomic E-state index is -1.49. The minimum absolute atomic E-state index is 0.103. The minimum Gasteiger partial charge on any atom is -0.508 e. The van der Waals surface area contributed by atoms with E-state index < -0.39 is 46.8 Å². The molecule has 8 rings (SSSR count). The second kappa shape index (κ2) is 11.9. The first-order valence-corrected chi connectivity index (χ1v) is 17.0. The highest BCUT2D eigenvalue weighted by Gasteiger charge is 2.70. The lowest BCUT2D eigenvalue weighted by molar-refractivity contribution is -0.138. The van der Waals surface area contributed by atoms with Gasteiger partial charge in [0.2, 0.25) is 11.8 Å². The van der Waals surface area contributed by atoms with E-state index in [2.05, 4.69) is 5.43 Å². The van der Waals surface area contributed by atoms with Gasteiger partial charge in [-0.3, -0.25) is 29.5 Å². The molecule has 2 heterocycles. The lowest BCUT2D eigenvalue weighted by Crippen LogP contribution is -2.53. The Labute approximate surface area is 294 Å². The van der Waals surface area contributed by atoms with Gasteiger partial charge in [-0.15, -0.1) is 0 Å². The molecule has 0 spiro atoms. The summed E-state index contributed by atoms with van der Waals surface area (Å²) in [5.41, 5.74) is 5.42. The standard InChI is InChI=1S/C40H34ClN3O6/c1-22-8-12-25(13-9-22)42-44-37(47)32-21-31-28(18-19-30-34(31)38(48)43(36(30)46)26-14-10-24(41)11-15-26)35(29-17-16-27(50-2)20-33(29)45)40(32,39(44)49)23-6-4-3-5-7-23/h3-18,20,30-32,34-35,42,45H,19,21H2,1-2H3. The van der Waals surface area contributed by atoms with Crippen LogP contribution in [0.15, 0.2) is 109 Å². The van der Waals surface area contributed by atoms with Crippen LogP contribution in [-0.2, 0) is 24.6 Å².